The van der Waals surface area contributed by atoms with E-state index >= 15 is 0 Å². The lowest BCUT2D eigenvalue weighted by atomic mass is 10.1. The number of aromatic hydroxyl groups is 1. The molecule has 1 amide bonds. The average molecular weight is 432 g/mol. The van der Waals surface area contributed by atoms with E-state index in [1.165, 1.54) is 18.3 Å². The summed E-state index contributed by atoms with van der Waals surface area (Å²) in [5.41, 5.74) is 4.11. The van der Waals surface area contributed by atoms with E-state index in [9.17, 15) is 9.90 Å². The highest BCUT2D eigenvalue weighted by molar-refractivity contribution is 9.10. The van der Waals surface area contributed by atoms with Crippen LogP contribution in [0.3, 0.4) is 0 Å². The van der Waals surface area contributed by atoms with Gasteiger partial charge in [-0.25, -0.2) is 5.43 Å². The van der Waals surface area contributed by atoms with Gasteiger partial charge in [0, 0.05) is 15.1 Å². The zero-order valence-corrected chi connectivity index (χ0v) is 16.5. The van der Waals surface area contributed by atoms with E-state index in [0.717, 1.165) is 5.56 Å². The van der Waals surface area contributed by atoms with Crippen molar-refractivity contribution >= 4 is 51.3 Å². The number of phenols is 1. The van der Waals surface area contributed by atoms with Crippen LogP contribution in [-0.4, -0.2) is 17.2 Å². The van der Waals surface area contributed by atoms with Gasteiger partial charge in [-0.2, -0.15) is 5.10 Å². The zero-order valence-electron chi connectivity index (χ0n) is 13.4. The predicted molar refractivity (Wildman–Crippen MR) is 103 cm³/mol. The number of rotatable bonds is 3. The van der Waals surface area contributed by atoms with Crippen molar-refractivity contribution < 1.29 is 9.90 Å². The monoisotopic (exact) mass is 430 g/mol. The van der Waals surface area contributed by atoms with Gasteiger partial charge in [0.2, 0.25) is 0 Å². The SMILES string of the molecule is CC.Cc1ccc(Br)c(C(=O)N/N=C/c2cc(Cl)cc(Cl)c2O)c1. The van der Waals surface area contributed by atoms with Crippen molar-refractivity contribution in [3.05, 3.63) is 61.5 Å². The molecule has 0 aliphatic carbocycles. The van der Waals surface area contributed by atoms with Gasteiger partial charge in [-0.1, -0.05) is 48.7 Å². The van der Waals surface area contributed by atoms with Crippen LogP contribution in [0.2, 0.25) is 10.0 Å². The van der Waals surface area contributed by atoms with Crippen LogP contribution in [0.15, 0.2) is 39.9 Å². The van der Waals surface area contributed by atoms with Gasteiger partial charge in [0.15, 0.2) is 0 Å². The Balaban J connectivity index is 0.00000139. The molecule has 7 heteroatoms. The second-order valence-corrected chi connectivity index (χ2v) is 6.21. The number of benzene rings is 2. The molecule has 0 fully saturated rings. The predicted octanol–water partition coefficient (Wildman–Crippen LogP) is 5.56. The van der Waals surface area contributed by atoms with E-state index in [-0.39, 0.29) is 16.7 Å². The molecule has 0 saturated carbocycles. The van der Waals surface area contributed by atoms with Gasteiger partial charge in [-0.05, 0) is 47.1 Å². The molecule has 2 N–H and O–H groups in total. The van der Waals surface area contributed by atoms with Crippen molar-refractivity contribution in [1.29, 1.82) is 0 Å². The number of nitrogens with one attached hydrogen (secondary N) is 1. The largest absolute Gasteiger partial charge is 0.506 e. The molecule has 128 valence electrons. The minimum atomic E-state index is -0.376. The van der Waals surface area contributed by atoms with Crippen LogP contribution < -0.4 is 5.43 Å². The molecule has 2 aromatic rings. The van der Waals surface area contributed by atoms with Crippen molar-refractivity contribution in [3.8, 4) is 5.75 Å². The van der Waals surface area contributed by atoms with E-state index in [4.69, 9.17) is 23.2 Å². The van der Waals surface area contributed by atoms with Gasteiger partial charge < -0.3 is 5.11 Å². The fraction of sp³-hybridized carbons (Fsp3) is 0.176. The van der Waals surface area contributed by atoms with Crippen molar-refractivity contribution in [3.63, 3.8) is 0 Å². The molecule has 0 aliphatic rings. The van der Waals surface area contributed by atoms with Gasteiger partial charge in [0.05, 0.1) is 16.8 Å². The highest BCUT2D eigenvalue weighted by atomic mass is 79.9. The second kappa shape index (κ2) is 9.67. The van der Waals surface area contributed by atoms with Gasteiger partial charge in [-0.3, -0.25) is 4.79 Å². The molecule has 0 saturated heterocycles. The number of halogens is 3. The standard InChI is InChI=1S/C15H11BrCl2N2O2.C2H6/c1-8-2-3-12(16)11(4-8)15(22)20-19-7-9-5-10(17)6-13(18)14(9)21;1-2/h2-7,21H,1H3,(H,20,22);1-2H3/b19-7+;. The molecular weight excluding hydrogens is 415 g/mol. The van der Waals surface area contributed by atoms with Crippen LogP contribution in [0.4, 0.5) is 0 Å². The number of nitrogens with zero attached hydrogens (tertiary/aromatic N) is 1. The highest BCUT2D eigenvalue weighted by Crippen LogP contribution is 2.29. The summed E-state index contributed by atoms with van der Waals surface area (Å²) in [6.07, 6.45) is 1.27. The van der Waals surface area contributed by atoms with Crippen LogP contribution in [0.1, 0.15) is 35.3 Å². The maximum absolute atomic E-state index is 12.1. The Hall–Kier alpha value is -1.56. The van der Waals surface area contributed by atoms with Crippen LogP contribution >= 0.6 is 39.1 Å². The molecule has 0 spiro atoms. The Bertz CT molecular complexity index is 764. The molecule has 4 nitrogen and oxygen atoms in total. The molecule has 0 heterocycles. The van der Waals surface area contributed by atoms with Gasteiger partial charge >= 0.3 is 0 Å². The highest BCUT2D eigenvalue weighted by Gasteiger charge is 2.10. The molecule has 0 bridgehead atoms. The van der Waals surface area contributed by atoms with E-state index < -0.39 is 0 Å². The molecule has 0 radical (unpaired) electrons. The number of carbonyl (C=O) groups is 1. The van der Waals surface area contributed by atoms with E-state index in [0.29, 0.717) is 20.6 Å². The smallest absolute Gasteiger partial charge is 0.272 e. The molecule has 0 aromatic heterocycles. The number of hydrogen-bond donors (Lipinski definition) is 2. The lowest BCUT2D eigenvalue weighted by molar-refractivity contribution is 0.0954. The maximum atomic E-state index is 12.1. The van der Waals surface area contributed by atoms with Crippen LogP contribution in [0, 0.1) is 6.92 Å². The first-order valence-electron chi connectivity index (χ1n) is 7.16. The first-order chi connectivity index (χ1) is 11.4. The maximum Gasteiger partial charge on any atom is 0.272 e. The summed E-state index contributed by atoms with van der Waals surface area (Å²) < 4.78 is 0.666. The number of hydrazone groups is 1. The summed E-state index contributed by atoms with van der Waals surface area (Å²) in [5, 5.41) is 14.1. The first kappa shape index (κ1) is 20.5. The molecule has 24 heavy (non-hydrogen) atoms. The van der Waals surface area contributed by atoms with Gasteiger partial charge in [0.25, 0.3) is 5.91 Å². The van der Waals surface area contributed by atoms with E-state index in [1.807, 2.05) is 26.8 Å². The third-order valence-corrected chi connectivity index (χ3v) is 3.99. The van der Waals surface area contributed by atoms with Crippen molar-refractivity contribution in [1.82, 2.24) is 5.43 Å². The van der Waals surface area contributed by atoms with Crippen molar-refractivity contribution in [2.24, 2.45) is 5.10 Å². The Morgan fingerprint density at radius 1 is 1.25 bits per heavy atom. The van der Waals surface area contributed by atoms with Crippen LogP contribution in [-0.2, 0) is 0 Å². The van der Waals surface area contributed by atoms with Gasteiger partial charge in [-0.15, -0.1) is 0 Å². The number of phenolic OH excluding ortho intramolecular Hbond substituents is 1. The third kappa shape index (κ3) is 5.51. The number of aryl methyl sites for hydroxylation is 1. The van der Waals surface area contributed by atoms with Gasteiger partial charge in [0.1, 0.15) is 5.75 Å². The molecule has 2 aromatic carbocycles. The minimum Gasteiger partial charge on any atom is -0.506 e. The summed E-state index contributed by atoms with van der Waals surface area (Å²) in [7, 11) is 0. The summed E-state index contributed by atoms with van der Waals surface area (Å²) in [5.74, 6) is -0.528. The van der Waals surface area contributed by atoms with E-state index in [1.54, 1.807) is 12.1 Å². The molecular formula is C17H17BrCl2N2O2. The lowest BCUT2D eigenvalue weighted by Gasteiger charge is -2.05. The Morgan fingerprint density at radius 2 is 1.92 bits per heavy atom. The lowest BCUT2D eigenvalue weighted by Crippen LogP contribution is -2.18. The minimum absolute atomic E-state index is 0.113. The Kier molecular flexibility index (Phi) is 8.25. The summed E-state index contributed by atoms with van der Waals surface area (Å²) in [4.78, 5) is 12.1. The number of hydrogen-bond acceptors (Lipinski definition) is 3. The molecule has 0 aliphatic heterocycles. The zero-order chi connectivity index (χ0) is 18.3. The number of amides is 1. The average Bonchev–Trinajstić information content (AvgIpc) is 2.56. The van der Waals surface area contributed by atoms with E-state index in [2.05, 4.69) is 26.5 Å². The fourth-order valence-electron chi connectivity index (χ4n) is 1.72. The topological polar surface area (TPSA) is 61.7 Å². The summed E-state index contributed by atoms with van der Waals surface area (Å²) >= 11 is 15.0. The quantitative estimate of drug-likeness (QED) is 0.493. The van der Waals surface area contributed by atoms with Crippen LogP contribution in [0.5, 0.6) is 5.75 Å². The number of carbonyl (C=O) groups excluding carboxylic acids is 1. The first-order valence-corrected chi connectivity index (χ1v) is 8.71. The molecule has 2 rings (SSSR count). The normalized spacial score (nSPS) is 10.2. The van der Waals surface area contributed by atoms with Crippen molar-refractivity contribution in [2.45, 2.75) is 20.8 Å². The molecule has 0 unspecified atom stereocenters. The van der Waals surface area contributed by atoms with Crippen molar-refractivity contribution in [2.75, 3.05) is 0 Å². The fourth-order valence-corrected chi connectivity index (χ4v) is 2.65. The summed E-state index contributed by atoms with van der Waals surface area (Å²) in [6.45, 7) is 5.89. The Morgan fingerprint density at radius 3 is 2.58 bits per heavy atom. The molecule has 0 atom stereocenters. The van der Waals surface area contributed by atoms with Crippen LogP contribution in [0.25, 0.3) is 0 Å². The second-order valence-electron chi connectivity index (χ2n) is 4.51. The Labute approximate surface area is 159 Å². The third-order valence-electron chi connectivity index (χ3n) is 2.79. The summed E-state index contributed by atoms with van der Waals surface area (Å²) in [6, 6.07) is 8.31.